The maximum absolute atomic E-state index is 13.5. The van der Waals surface area contributed by atoms with Crippen molar-refractivity contribution < 1.29 is 19.1 Å². The van der Waals surface area contributed by atoms with Gasteiger partial charge >= 0.3 is 0 Å². The molecule has 2 amide bonds. The van der Waals surface area contributed by atoms with E-state index in [2.05, 4.69) is 50.2 Å². The Morgan fingerprint density at radius 3 is 2.15 bits per heavy atom. The fourth-order valence-electron chi connectivity index (χ4n) is 5.42. The van der Waals surface area contributed by atoms with E-state index in [1.54, 1.807) is 6.07 Å². The van der Waals surface area contributed by atoms with Crippen LogP contribution >= 0.6 is 0 Å². The summed E-state index contributed by atoms with van der Waals surface area (Å²) in [5.41, 5.74) is 0.685. The number of hydrogen-bond donors (Lipinski definition) is 3. The molecule has 2 aromatic rings. The predicted molar refractivity (Wildman–Crippen MR) is 145 cm³/mol. The predicted octanol–water partition coefficient (Wildman–Crippen LogP) is 3.17. The number of carbonyl (C=O) groups is 2. The largest absolute Gasteiger partial charge is 0.376 e. The van der Waals surface area contributed by atoms with E-state index in [4.69, 9.17) is 9.47 Å². The van der Waals surface area contributed by atoms with E-state index >= 15 is 0 Å². The van der Waals surface area contributed by atoms with Crippen molar-refractivity contribution in [2.24, 2.45) is 0 Å². The van der Waals surface area contributed by atoms with Crippen LogP contribution in [0.5, 0.6) is 0 Å². The van der Waals surface area contributed by atoms with Gasteiger partial charge in [-0.1, -0.05) is 52.4 Å². The second-order valence-electron chi connectivity index (χ2n) is 10.7. The van der Waals surface area contributed by atoms with Gasteiger partial charge in [0.05, 0.1) is 24.3 Å². The zero-order valence-corrected chi connectivity index (χ0v) is 23.4. The van der Waals surface area contributed by atoms with E-state index in [0.29, 0.717) is 24.7 Å². The molecule has 2 aliphatic rings. The van der Waals surface area contributed by atoms with Crippen LogP contribution in [0.3, 0.4) is 0 Å². The van der Waals surface area contributed by atoms with Gasteiger partial charge in [-0.15, -0.1) is 5.10 Å². The Morgan fingerprint density at radius 1 is 0.949 bits per heavy atom. The van der Waals surface area contributed by atoms with Crippen molar-refractivity contribution in [3.63, 3.8) is 0 Å². The van der Waals surface area contributed by atoms with Gasteiger partial charge in [-0.3, -0.25) is 9.59 Å². The highest BCUT2D eigenvalue weighted by Gasteiger charge is 2.30. The number of nitrogens with zero attached hydrogens (tertiary/aromatic N) is 5. The lowest BCUT2D eigenvalue weighted by Gasteiger charge is -2.32. The van der Waals surface area contributed by atoms with Crippen molar-refractivity contribution in [3.05, 3.63) is 11.8 Å². The number of tetrazole rings is 1. The first-order valence-corrected chi connectivity index (χ1v) is 14.7. The second-order valence-corrected chi connectivity index (χ2v) is 10.7. The van der Waals surface area contributed by atoms with Crippen LogP contribution in [0.2, 0.25) is 0 Å². The molecular formula is C27H44N8O4. The third kappa shape index (κ3) is 8.31. The van der Waals surface area contributed by atoms with Crippen LogP contribution in [-0.4, -0.2) is 79.7 Å². The van der Waals surface area contributed by atoms with Gasteiger partial charge in [-0.05, 0) is 49.0 Å². The minimum atomic E-state index is -0.288. The molecule has 0 unspecified atom stereocenters. The molecular weight excluding hydrogens is 500 g/mol. The highest BCUT2D eigenvalue weighted by atomic mass is 16.5. The van der Waals surface area contributed by atoms with Crippen LogP contribution < -0.4 is 10.6 Å². The smallest absolute Gasteiger partial charge is 0.269 e. The van der Waals surface area contributed by atoms with Gasteiger partial charge in [0.2, 0.25) is 5.91 Å². The summed E-state index contributed by atoms with van der Waals surface area (Å²) in [7, 11) is 0. The van der Waals surface area contributed by atoms with Crippen molar-refractivity contribution in [2.45, 2.75) is 122 Å². The monoisotopic (exact) mass is 544 g/mol. The molecule has 0 spiro atoms. The minimum absolute atomic E-state index is 0.0113. The summed E-state index contributed by atoms with van der Waals surface area (Å²) in [6.45, 7) is 5.58. The zero-order valence-electron chi connectivity index (χ0n) is 23.4. The molecule has 0 radical (unpaired) electrons. The van der Waals surface area contributed by atoms with Crippen LogP contribution in [0.4, 0.5) is 0 Å². The van der Waals surface area contributed by atoms with Crippen molar-refractivity contribution in [1.29, 1.82) is 0 Å². The number of H-pyrrole nitrogens is 1. The van der Waals surface area contributed by atoms with Gasteiger partial charge in [-0.2, -0.15) is 5.10 Å². The van der Waals surface area contributed by atoms with Crippen LogP contribution in [0.25, 0.3) is 11.5 Å². The first-order valence-electron chi connectivity index (χ1n) is 14.7. The van der Waals surface area contributed by atoms with Gasteiger partial charge in [0.15, 0.2) is 5.82 Å². The van der Waals surface area contributed by atoms with E-state index in [1.165, 1.54) is 4.68 Å². The summed E-state index contributed by atoms with van der Waals surface area (Å²) >= 11 is 0. The second kappa shape index (κ2) is 15.1. The van der Waals surface area contributed by atoms with Gasteiger partial charge in [0, 0.05) is 19.3 Å². The van der Waals surface area contributed by atoms with Crippen LogP contribution in [-0.2, 0) is 20.8 Å². The normalized spacial score (nSPS) is 23.4. The number of aromatic nitrogens is 6. The number of aromatic amines is 1. The summed E-state index contributed by atoms with van der Waals surface area (Å²) in [5, 5.41) is 24.7. The Labute approximate surface area is 230 Å². The van der Waals surface area contributed by atoms with Gasteiger partial charge < -0.3 is 20.1 Å². The molecule has 2 fully saturated rings. The van der Waals surface area contributed by atoms with Crippen LogP contribution in [0.1, 0.15) is 101 Å². The van der Waals surface area contributed by atoms with Crippen molar-refractivity contribution in [3.8, 4) is 11.5 Å². The number of rotatable bonds is 14. The molecule has 0 aliphatic heterocycles. The van der Waals surface area contributed by atoms with Gasteiger partial charge in [0.1, 0.15) is 17.9 Å². The molecule has 2 aliphatic carbocycles. The summed E-state index contributed by atoms with van der Waals surface area (Å²) in [6.07, 6.45) is 12.0. The van der Waals surface area contributed by atoms with E-state index in [0.717, 1.165) is 77.0 Å². The lowest BCUT2D eigenvalue weighted by molar-refractivity contribution is -0.124. The quantitative estimate of drug-likeness (QED) is 0.307. The Hall–Kier alpha value is -2.86. The molecule has 216 valence electrons. The van der Waals surface area contributed by atoms with Crippen LogP contribution in [0, 0.1) is 0 Å². The molecule has 2 aromatic heterocycles. The first-order chi connectivity index (χ1) is 19.1. The lowest BCUT2D eigenvalue weighted by Crippen LogP contribution is -2.48. The Bertz CT molecular complexity index is 1030. The molecule has 12 nitrogen and oxygen atoms in total. The molecule has 4 atom stereocenters. The van der Waals surface area contributed by atoms with E-state index in [9.17, 15) is 9.59 Å². The Kier molecular flexibility index (Phi) is 11.3. The maximum atomic E-state index is 13.5. The van der Waals surface area contributed by atoms with E-state index in [-0.39, 0.29) is 48.3 Å². The SMILES string of the molecule is CCCCO[C@H]1CCCC[C@@H]1NC(=O)Cn1nc(-c2nnn[nH]2)cc1C(=O)N[C@@H]1CCCC[C@H]1OCCCC. The van der Waals surface area contributed by atoms with Crippen molar-refractivity contribution in [1.82, 2.24) is 41.0 Å². The summed E-state index contributed by atoms with van der Waals surface area (Å²) < 4.78 is 13.6. The lowest BCUT2D eigenvalue weighted by atomic mass is 9.92. The average Bonchev–Trinajstić information content (AvgIpc) is 3.61. The Balaban J connectivity index is 1.45. The number of amides is 2. The van der Waals surface area contributed by atoms with E-state index < -0.39 is 0 Å². The summed E-state index contributed by atoms with van der Waals surface area (Å²) in [6, 6.07) is 1.49. The van der Waals surface area contributed by atoms with Crippen LogP contribution in [0.15, 0.2) is 6.07 Å². The summed E-state index contributed by atoms with van der Waals surface area (Å²) in [5.74, 6) is -0.161. The summed E-state index contributed by atoms with van der Waals surface area (Å²) in [4.78, 5) is 26.7. The molecule has 2 saturated carbocycles. The number of ether oxygens (including phenoxy) is 2. The van der Waals surface area contributed by atoms with Gasteiger partial charge in [0.25, 0.3) is 5.91 Å². The minimum Gasteiger partial charge on any atom is -0.376 e. The third-order valence-corrected chi connectivity index (χ3v) is 7.62. The van der Waals surface area contributed by atoms with E-state index in [1.807, 2.05) is 0 Å². The molecule has 0 saturated heterocycles. The topological polar surface area (TPSA) is 149 Å². The van der Waals surface area contributed by atoms with Crippen molar-refractivity contribution >= 4 is 11.8 Å². The third-order valence-electron chi connectivity index (χ3n) is 7.62. The number of unbranched alkanes of at least 4 members (excludes halogenated alkanes) is 2. The molecule has 3 N–H and O–H groups in total. The number of hydrogen-bond acceptors (Lipinski definition) is 8. The molecule has 4 rings (SSSR count). The van der Waals surface area contributed by atoms with Gasteiger partial charge in [-0.25, -0.2) is 9.78 Å². The molecule has 0 aromatic carbocycles. The van der Waals surface area contributed by atoms with Crippen molar-refractivity contribution in [2.75, 3.05) is 13.2 Å². The average molecular weight is 545 g/mol. The number of carbonyl (C=O) groups excluding carboxylic acids is 2. The fourth-order valence-corrected chi connectivity index (χ4v) is 5.42. The standard InChI is InChI=1S/C27H44N8O4/c1-3-5-15-38-23-13-9-7-11-19(23)28-25(36)18-35-22(17-21(32-35)26-30-33-34-31-26)27(37)29-20-12-8-10-14-24(20)39-16-6-4-2/h17,19-20,23-24H,3-16,18H2,1-2H3,(H,28,36)(H,29,37)(H,30,31,33,34)/t19-,20+,23-,24+/m0/s1. The maximum Gasteiger partial charge on any atom is 0.269 e. The molecule has 12 heteroatoms. The zero-order chi connectivity index (χ0) is 27.5. The first kappa shape index (κ1) is 29.1. The Morgan fingerprint density at radius 2 is 1.56 bits per heavy atom. The molecule has 39 heavy (non-hydrogen) atoms. The highest BCUT2D eigenvalue weighted by Crippen LogP contribution is 2.24. The highest BCUT2D eigenvalue weighted by molar-refractivity contribution is 5.94. The fraction of sp³-hybridized carbons (Fsp3) is 0.778. The number of nitrogens with one attached hydrogen (secondary N) is 3. The molecule has 2 heterocycles. The molecule has 0 bridgehead atoms.